The zero-order valence-corrected chi connectivity index (χ0v) is 10.6. The monoisotopic (exact) mass is 241 g/mol. The van der Waals surface area contributed by atoms with Crippen LogP contribution in [0.1, 0.15) is 43.9 Å². The van der Waals surface area contributed by atoms with Crippen LogP contribution >= 0.6 is 0 Å². The Hall–Kier alpha value is -1.43. The van der Waals surface area contributed by atoms with E-state index in [1.165, 1.54) is 4.68 Å². The van der Waals surface area contributed by atoms with Crippen molar-refractivity contribution in [3.63, 3.8) is 0 Å². The largest absolute Gasteiger partial charge is 0.476 e. The first-order valence-corrected chi connectivity index (χ1v) is 5.67. The third kappa shape index (κ3) is 2.82. The Labute approximate surface area is 100 Å². The molecule has 1 heterocycles. The highest BCUT2D eigenvalue weighted by molar-refractivity contribution is 5.86. The molecule has 0 radical (unpaired) electrons. The van der Waals surface area contributed by atoms with Gasteiger partial charge in [0.1, 0.15) is 0 Å². The van der Waals surface area contributed by atoms with Crippen LogP contribution in [0, 0.1) is 5.92 Å². The predicted octanol–water partition coefficient (Wildman–Crippen LogP) is 0.946. The second-order valence-corrected chi connectivity index (χ2v) is 4.71. The van der Waals surface area contributed by atoms with Crippen LogP contribution in [0.4, 0.5) is 0 Å². The van der Waals surface area contributed by atoms with Crippen LogP contribution in [0.15, 0.2) is 0 Å². The predicted molar refractivity (Wildman–Crippen MR) is 61.8 cm³/mol. The van der Waals surface area contributed by atoms with E-state index in [0.29, 0.717) is 12.1 Å². The number of carboxylic acid groups (broad SMARTS) is 1. The average molecular weight is 241 g/mol. The summed E-state index contributed by atoms with van der Waals surface area (Å²) < 4.78 is 1.48. The lowest BCUT2D eigenvalue weighted by Gasteiger charge is -2.27. The summed E-state index contributed by atoms with van der Waals surface area (Å²) in [4.78, 5) is 10.9. The van der Waals surface area contributed by atoms with Crippen molar-refractivity contribution in [3.8, 4) is 0 Å². The Balaban J connectivity index is 3.04. The molecule has 0 aliphatic rings. The number of aliphatic hydroxyl groups is 1. The zero-order valence-electron chi connectivity index (χ0n) is 10.6. The molecule has 1 rings (SSSR count). The number of rotatable bonds is 5. The van der Waals surface area contributed by atoms with Crippen molar-refractivity contribution in [1.29, 1.82) is 0 Å². The summed E-state index contributed by atoms with van der Waals surface area (Å²) in [6, 6.07) is 0. The van der Waals surface area contributed by atoms with E-state index >= 15 is 0 Å². The van der Waals surface area contributed by atoms with E-state index in [4.69, 9.17) is 5.11 Å². The van der Waals surface area contributed by atoms with Crippen molar-refractivity contribution < 1.29 is 15.0 Å². The van der Waals surface area contributed by atoms with E-state index in [1.54, 1.807) is 6.92 Å². The Bertz CT molecular complexity index is 410. The molecule has 1 unspecified atom stereocenters. The molecule has 1 aromatic heterocycles. The van der Waals surface area contributed by atoms with E-state index in [2.05, 4.69) is 10.3 Å². The third-order valence-electron chi connectivity index (χ3n) is 3.09. The molecule has 96 valence electrons. The van der Waals surface area contributed by atoms with Gasteiger partial charge in [0.25, 0.3) is 0 Å². The molecular weight excluding hydrogens is 222 g/mol. The van der Waals surface area contributed by atoms with Gasteiger partial charge in [-0.2, -0.15) is 0 Å². The summed E-state index contributed by atoms with van der Waals surface area (Å²) in [6.45, 7) is 7.60. The summed E-state index contributed by atoms with van der Waals surface area (Å²) in [6.07, 6.45) is 0.517. The van der Waals surface area contributed by atoms with Gasteiger partial charge in [0.05, 0.1) is 17.8 Å². The standard InChI is InChI=1S/C11H19N3O3/c1-5-8-9(10(15)16)12-13-14(8)6-11(4,17)7(2)3/h7,17H,5-6H2,1-4H3,(H,15,16). The third-order valence-corrected chi connectivity index (χ3v) is 3.09. The number of nitrogens with zero attached hydrogens (tertiary/aromatic N) is 3. The lowest BCUT2D eigenvalue weighted by Crippen LogP contribution is -2.37. The van der Waals surface area contributed by atoms with Crippen LogP contribution in [-0.4, -0.2) is 36.8 Å². The molecule has 6 heteroatoms. The molecule has 2 N–H and O–H groups in total. The van der Waals surface area contributed by atoms with Gasteiger partial charge in [-0.25, -0.2) is 9.48 Å². The van der Waals surface area contributed by atoms with Gasteiger partial charge in [-0.05, 0) is 19.3 Å². The summed E-state index contributed by atoms with van der Waals surface area (Å²) in [7, 11) is 0. The summed E-state index contributed by atoms with van der Waals surface area (Å²) in [5.41, 5.74) is -0.432. The van der Waals surface area contributed by atoms with E-state index in [0.717, 1.165) is 0 Å². The quantitative estimate of drug-likeness (QED) is 0.801. The minimum atomic E-state index is -1.09. The summed E-state index contributed by atoms with van der Waals surface area (Å²) in [5, 5.41) is 26.6. The number of carboxylic acids is 1. The van der Waals surface area contributed by atoms with Gasteiger partial charge in [-0.1, -0.05) is 26.0 Å². The molecule has 17 heavy (non-hydrogen) atoms. The highest BCUT2D eigenvalue weighted by atomic mass is 16.4. The molecule has 0 fully saturated rings. The fourth-order valence-electron chi connectivity index (χ4n) is 1.46. The van der Waals surface area contributed by atoms with Gasteiger partial charge in [0.2, 0.25) is 0 Å². The smallest absolute Gasteiger partial charge is 0.358 e. The molecule has 0 aromatic carbocycles. The summed E-state index contributed by atoms with van der Waals surface area (Å²) >= 11 is 0. The Morgan fingerprint density at radius 2 is 2.12 bits per heavy atom. The number of hydrogen-bond donors (Lipinski definition) is 2. The van der Waals surface area contributed by atoms with E-state index < -0.39 is 11.6 Å². The zero-order chi connectivity index (χ0) is 13.2. The molecule has 0 bridgehead atoms. The molecule has 1 atom stereocenters. The SMILES string of the molecule is CCc1c(C(=O)O)nnn1CC(C)(O)C(C)C. The first-order chi connectivity index (χ1) is 7.79. The average Bonchev–Trinajstić information content (AvgIpc) is 2.59. The van der Waals surface area contributed by atoms with E-state index in [9.17, 15) is 9.90 Å². The van der Waals surface area contributed by atoms with Crippen molar-refractivity contribution in [2.45, 2.75) is 46.3 Å². The van der Waals surface area contributed by atoms with Crippen molar-refractivity contribution >= 4 is 5.97 Å². The molecule has 0 aliphatic heterocycles. The number of carbonyl (C=O) groups is 1. The van der Waals surface area contributed by atoms with Crippen molar-refractivity contribution in [2.75, 3.05) is 0 Å². The topological polar surface area (TPSA) is 88.2 Å². The Morgan fingerprint density at radius 3 is 2.53 bits per heavy atom. The van der Waals surface area contributed by atoms with E-state index in [1.807, 2.05) is 20.8 Å². The lowest BCUT2D eigenvalue weighted by molar-refractivity contribution is -0.00679. The minimum Gasteiger partial charge on any atom is -0.476 e. The van der Waals surface area contributed by atoms with Crippen molar-refractivity contribution in [2.24, 2.45) is 5.92 Å². The molecule has 0 amide bonds. The highest BCUT2D eigenvalue weighted by Gasteiger charge is 2.28. The number of aromatic nitrogens is 3. The number of aromatic carboxylic acids is 1. The normalized spacial score (nSPS) is 14.9. The molecular formula is C11H19N3O3. The fraction of sp³-hybridized carbons (Fsp3) is 0.727. The van der Waals surface area contributed by atoms with Crippen LogP contribution in [0.3, 0.4) is 0 Å². The second kappa shape index (κ2) is 4.83. The molecule has 0 spiro atoms. The fourth-order valence-corrected chi connectivity index (χ4v) is 1.46. The maximum atomic E-state index is 10.9. The van der Waals surface area contributed by atoms with Crippen molar-refractivity contribution in [3.05, 3.63) is 11.4 Å². The molecule has 6 nitrogen and oxygen atoms in total. The van der Waals surface area contributed by atoms with Crippen LogP contribution in [0.2, 0.25) is 0 Å². The second-order valence-electron chi connectivity index (χ2n) is 4.71. The van der Waals surface area contributed by atoms with Crippen molar-refractivity contribution in [1.82, 2.24) is 15.0 Å². The van der Waals surface area contributed by atoms with Gasteiger partial charge in [0.15, 0.2) is 5.69 Å². The molecule has 0 aliphatic carbocycles. The first-order valence-electron chi connectivity index (χ1n) is 5.67. The maximum Gasteiger partial charge on any atom is 0.358 e. The first kappa shape index (κ1) is 13.6. The molecule has 0 saturated heterocycles. The van der Waals surface area contributed by atoms with Crippen LogP contribution in [-0.2, 0) is 13.0 Å². The molecule has 0 saturated carbocycles. The Morgan fingerprint density at radius 1 is 1.53 bits per heavy atom. The summed E-state index contributed by atoms with van der Waals surface area (Å²) in [5.74, 6) is -1.04. The van der Waals surface area contributed by atoms with Crippen LogP contribution in [0.25, 0.3) is 0 Å². The van der Waals surface area contributed by atoms with Crippen LogP contribution in [0.5, 0.6) is 0 Å². The van der Waals surface area contributed by atoms with Gasteiger partial charge in [-0.15, -0.1) is 5.10 Å². The van der Waals surface area contributed by atoms with Gasteiger partial charge in [0, 0.05) is 0 Å². The van der Waals surface area contributed by atoms with Gasteiger partial charge >= 0.3 is 5.97 Å². The molecule has 1 aromatic rings. The van der Waals surface area contributed by atoms with Gasteiger partial charge in [-0.3, -0.25) is 0 Å². The minimum absolute atomic E-state index is 0.0351. The van der Waals surface area contributed by atoms with Gasteiger partial charge < -0.3 is 10.2 Å². The number of hydrogen-bond acceptors (Lipinski definition) is 4. The highest BCUT2D eigenvalue weighted by Crippen LogP contribution is 2.19. The lowest BCUT2D eigenvalue weighted by atomic mass is 9.92. The van der Waals surface area contributed by atoms with Crippen LogP contribution < -0.4 is 0 Å². The Kier molecular flexibility index (Phi) is 3.87. The maximum absolute atomic E-state index is 10.9. The van der Waals surface area contributed by atoms with E-state index in [-0.39, 0.29) is 18.2 Å².